The van der Waals surface area contributed by atoms with Crippen LogP contribution in [0.25, 0.3) is 0 Å². The summed E-state index contributed by atoms with van der Waals surface area (Å²) in [6.07, 6.45) is 34.2. The molecule has 0 rings (SSSR count). The Hall–Kier alpha value is -0.530. The van der Waals surface area contributed by atoms with Gasteiger partial charge in [-0.1, -0.05) is 155 Å². The van der Waals surface area contributed by atoms with E-state index >= 15 is 0 Å². The van der Waals surface area contributed by atoms with Gasteiger partial charge in [-0.2, -0.15) is 0 Å². The molecule has 0 radical (unpaired) electrons. The highest BCUT2D eigenvalue weighted by atomic mass is 16.1. The Morgan fingerprint density at radius 3 is 1.06 bits per heavy atom. The van der Waals surface area contributed by atoms with Crippen molar-refractivity contribution in [3.8, 4) is 0 Å². The van der Waals surface area contributed by atoms with E-state index in [0.717, 1.165) is 12.8 Å². The largest absolute Gasteiger partial charge is 0.354 e. The molecule has 0 aliphatic heterocycles. The average molecular weight is 452 g/mol. The Labute approximate surface area is 203 Å². The molecule has 0 bridgehead atoms. The van der Waals surface area contributed by atoms with E-state index in [0.29, 0.717) is 12.5 Å². The molecule has 1 amide bonds. The molecule has 0 aromatic rings. The first-order valence-corrected chi connectivity index (χ1v) is 15.0. The third-order valence-electron chi connectivity index (χ3n) is 7.03. The van der Waals surface area contributed by atoms with Crippen LogP contribution in [-0.2, 0) is 4.79 Å². The second-order valence-electron chi connectivity index (χ2n) is 10.4. The fraction of sp³-hybridized carbons (Fsp3) is 0.967. The maximum Gasteiger partial charge on any atom is 0.220 e. The summed E-state index contributed by atoms with van der Waals surface area (Å²) in [5, 5.41) is 3.06. The molecular formula is C30H61NO. The van der Waals surface area contributed by atoms with Gasteiger partial charge in [0.2, 0.25) is 5.91 Å². The van der Waals surface area contributed by atoms with E-state index in [1.807, 2.05) is 0 Å². The van der Waals surface area contributed by atoms with Crippen molar-refractivity contribution in [2.75, 3.05) is 0 Å². The maximum atomic E-state index is 11.7. The van der Waals surface area contributed by atoms with E-state index in [4.69, 9.17) is 0 Å². The Balaban J connectivity index is 3.09. The molecule has 192 valence electrons. The van der Waals surface area contributed by atoms with Gasteiger partial charge < -0.3 is 5.32 Å². The summed E-state index contributed by atoms with van der Waals surface area (Å²) in [7, 11) is 0. The van der Waals surface area contributed by atoms with Gasteiger partial charge >= 0.3 is 0 Å². The van der Waals surface area contributed by atoms with Gasteiger partial charge in [-0.15, -0.1) is 0 Å². The summed E-state index contributed by atoms with van der Waals surface area (Å²) in [6, 6.07) is 0.326. The van der Waals surface area contributed by atoms with Crippen LogP contribution in [0.2, 0.25) is 0 Å². The number of nitrogens with one attached hydrogen (secondary N) is 1. The predicted octanol–water partition coefficient (Wildman–Crippen LogP) is 10.3. The minimum atomic E-state index is 0.239. The average Bonchev–Trinajstić information content (AvgIpc) is 2.79. The van der Waals surface area contributed by atoms with Crippen LogP contribution in [0.1, 0.15) is 181 Å². The summed E-state index contributed by atoms with van der Waals surface area (Å²) in [4.78, 5) is 11.7. The van der Waals surface area contributed by atoms with Crippen molar-refractivity contribution >= 4 is 5.91 Å². The molecule has 0 aliphatic carbocycles. The number of hydrogen-bond donors (Lipinski definition) is 1. The van der Waals surface area contributed by atoms with Gasteiger partial charge in [0.1, 0.15) is 0 Å². The van der Waals surface area contributed by atoms with Crippen molar-refractivity contribution in [3.63, 3.8) is 0 Å². The number of carbonyl (C=O) groups is 1. The van der Waals surface area contributed by atoms with E-state index in [2.05, 4.69) is 26.1 Å². The van der Waals surface area contributed by atoms with Gasteiger partial charge in [0, 0.05) is 12.5 Å². The highest BCUT2D eigenvalue weighted by molar-refractivity contribution is 5.76. The normalized spacial score (nSPS) is 12.2. The molecule has 1 atom stereocenters. The standard InChI is InChI=1S/C30H61NO/c1-4-6-7-8-9-10-11-12-13-14-15-16-17-18-19-20-21-22-23-24-25-26-27-28-30(32)31-29(3)5-2/h29H,4-28H2,1-3H3,(H,31,32). The second-order valence-corrected chi connectivity index (χ2v) is 10.4. The van der Waals surface area contributed by atoms with Crippen molar-refractivity contribution in [1.82, 2.24) is 5.32 Å². The van der Waals surface area contributed by atoms with Crippen LogP contribution in [0.4, 0.5) is 0 Å². The van der Waals surface area contributed by atoms with Gasteiger partial charge in [0.15, 0.2) is 0 Å². The van der Waals surface area contributed by atoms with Gasteiger partial charge in [0.25, 0.3) is 0 Å². The topological polar surface area (TPSA) is 29.1 Å². The molecule has 0 aromatic carbocycles. The first-order chi connectivity index (χ1) is 15.7. The van der Waals surface area contributed by atoms with E-state index in [9.17, 15) is 4.79 Å². The molecule has 0 heterocycles. The molecule has 2 nitrogen and oxygen atoms in total. The van der Waals surface area contributed by atoms with E-state index in [1.54, 1.807) is 0 Å². The SMILES string of the molecule is CCCCCCCCCCCCCCCCCCCCCCCCCC(=O)NC(C)CC. The molecule has 0 spiro atoms. The van der Waals surface area contributed by atoms with Gasteiger partial charge in [0.05, 0.1) is 0 Å². The molecule has 0 saturated carbocycles. The monoisotopic (exact) mass is 451 g/mol. The fourth-order valence-corrected chi connectivity index (χ4v) is 4.52. The zero-order valence-corrected chi connectivity index (χ0v) is 22.7. The zero-order chi connectivity index (χ0) is 23.5. The zero-order valence-electron chi connectivity index (χ0n) is 22.7. The van der Waals surface area contributed by atoms with Gasteiger partial charge in [-0.25, -0.2) is 0 Å². The molecule has 0 fully saturated rings. The van der Waals surface area contributed by atoms with Crippen molar-refractivity contribution < 1.29 is 4.79 Å². The molecule has 32 heavy (non-hydrogen) atoms. The molecule has 0 saturated heterocycles. The Morgan fingerprint density at radius 1 is 0.500 bits per heavy atom. The highest BCUT2D eigenvalue weighted by Gasteiger charge is 2.04. The number of unbranched alkanes of at least 4 members (excludes halogenated alkanes) is 22. The molecule has 1 N–H and O–H groups in total. The quantitative estimate of drug-likeness (QED) is 0.130. The maximum absolute atomic E-state index is 11.7. The molecule has 0 aromatic heterocycles. The lowest BCUT2D eigenvalue weighted by Crippen LogP contribution is -2.31. The number of amides is 1. The Bertz CT molecular complexity index is 368. The predicted molar refractivity (Wildman–Crippen MR) is 144 cm³/mol. The van der Waals surface area contributed by atoms with Gasteiger partial charge in [-0.05, 0) is 19.8 Å². The van der Waals surface area contributed by atoms with Crippen LogP contribution >= 0.6 is 0 Å². The second kappa shape index (κ2) is 26.7. The third kappa shape index (κ3) is 25.7. The molecule has 0 aliphatic rings. The Morgan fingerprint density at radius 2 is 0.781 bits per heavy atom. The van der Waals surface area contributed by atoms with Crippen molar-refractivity contribution in [1.29, 1.82) is 0 Å². The van der Waals surface area contributed by atoms with Crippen LogP contribution < -0.4 is 5.32 Å². The first kappa shape index (κ1) is 31.5. The van der Waals surface area contributed by atoms with E-state index in [-0.39, 0.29) is 5.91 Å². The van der Waals surface area contributed by atoms with Crippen LogP contribution in [0.5, 0.6) is 0 Å². The van der Waals surface area contributed by atoms with E-state index < -0.39 is 0 Å². The van der Waals surface area contributed by atoms with Crippen LogP contribution in [0, 0.1) is 0 Å². The number of hydrogen-bond acceptors (Lipinski definition) is 1. The van der Waals surface area contributed by atoms with Crippen molar-refractivity contribution in [2.45, 2.75) is 187 Å². The lowest BCUT2D eigenvalue weighted by atomic mass is 10.0. The van der Waals surface area contributed by atoms with E-state index in [1.165, 1.54) is 141 Å². The number of rotatable bonds is 26. The van der Waals surface area contributed by atoms with Gasteiger partial charge in [-0.3, -0.25) is 4.79 Å². The van der Waals surface area contributed by atoms with Crippen molar-refractivity contribution in [2.24, 2.45) is 0 Å². The first-order valence-electron chi connectivity index (χ1n) is 15.0. The smallest absolute Gasteiger partial charge is 0.220 e. The van der Waals surface area contributed by atoms with Crippen molar-refractivity contribution in [3.05, 3.63) is 0 Å². The van der Waals surface area contributed by atoms with Crippen LogP contribution in [0.15, 0.2) is 0 Å². The fourth-order valence-electron chi connectivity index (χ4n) is 4.52. The number of carbonyl (C=O) groups excluding carboxylic acids is 1. The minimum Gasteiger partial charge on any atom is -0.354 e. The summed E-state index contributed by atoms with van der Waals surface area (Å²) >= 11 is 0. The lowest BCUT2D eigenvalue weighted by Gasteiger charge is -2.10. The summed E-state index contributed by atoms with van der Waals surface area (Å²) in [6.45, 7) is 6.49. The highest BCUT2D eigenvalue weighted by Crippen LogP contribution is 2.15. The minimum absolute atomic E-state index is 0.239. The van der Waals surface area contributed by atoms with Crippen LogP contribution in [0.3, 0.4) is 0 Å². The summed E-state index contributed by atoms with van der Waals surface area (Å²) in [5.41, 5.74) is 0. The van der Waals surface area contributed by atoms with Crippen LogP contribution in [-0.4, -0.2) is 11.9 Å². The third-order valence-corrected chi connectivity index (χ3v) is 7.03. The lowest BCUT2D eigenvalue weighted by molar-refractivity contribution is -0.121. The summed E-state index contributed by atoms with van der Waals surface area (Å²) < 4.78 is 0. The molecule has 1 unspecified atom stereocenters. The summed E-state index contributed by atoms with van der Waals surface area (Å²) in [5.74, 6) is 0.239. The molecular weight excluding hydrogens is 390 g/mol. The molecule has 2 heteroatoms. The Kier molecular flexibility index (Phi) is 26.3.